The number of pyridine rings is 1. The Morgan fingerprint density at radius 2 is 2.50 bits per heavy atom. The van der Waals surface area contributed by atoms with Crippen LogP contribution in [0.4, 0.5) is 0 Å². The summed E-state index contributed by atoms with van der Waals surface area (Å²) in [5, 5.41) is 0.115. The van der Waals surface area contributed by atoms with Crippen LogP contribution >= 0.6 is 23.2 Å². The van der Waals surface area contributed by atoms with Crippen LogP contribution in [0, 0.1) is 0 Å². The predicted molar refractivity (Wildman–Crippen MR) is 43.6 cm³/mol. The lowest BCUT2D eigenvalue weighted by Crippen LogP contribution is -1.85. The number of hydrogen-bond donors (Lipinski definition) is 0. The molecule has 54 valence electrons. The van der Waals surface area contributed by atoms with E-state index in [-0.39, 0.29) is 15.9 Å². The maximum Gasteiger partial charge on any atom is 0.130 e. The molecule has 0 atom stereocenters. The van der Waals surface area contributed by atoms with Crippen molar-refractivity contribution < 1.29 is 6.85 Å². The molecular weight excluding hydrogens is 169 g/mol. The van der Waals surface area contributed by atoms with Crippen LogP contribution in [-0.4, -0.2) is 4.98 Å². The number of aryl methyl sites for hydroxylation is 1. The Morgan fingerprint density at radius 3 is 3.10 bits per heavy atom. The normalized spacial score (nSPS) is 20.0. The number of nitrogens with zero attached hydrogens (tertiary/aromatic N) is 1. The van der Waals surface area contributed by atoms with Gasteiger partial charge in [0, 0.05) is 17.6 Å². The van der Waals surface area contributed by atoms with Gasteiger partial charge in [-0.1, -0.05) is 30.1 Å². The molecule has 0 aliphatic heterocycles. The standard InChI is InChI=1S/C7H7Cl2N/c1-2-6-3-5(8)4-7(9)10-6/h3-4H,2H2,1H3/i1D3,2D2. The first-order valence-electron chi connectivity index (χ1n) is 4.98. The van der Waals surface area contributed by atoms with Crippen molar-refractivity contribution in [3.05, 3.63) is 28.0 Å². The van der Waals surface area contributed by atoms with Gasteiger partial charge in [-0.25, -0.2) is 4.98 Å². The summed E-state index contributed by atoms with van der Waals surface area (Å²) in [6.07, 6.45) is -2.57. The van der Waals surface area contributed by atoms with Gasteiger partial charge in [0.05, 0.1) is 0 Å². The monoisotopic (exact) mass is 180 g/mol. The van der Waals surface area contributed by atoms with Crippen LogP contribution in [0.5, 0.6) is 0 Å². The first-order chi connectivity index (χ1) is 6.64. The van der Waals surface area contributed by atoms with Gasteiger partial charge in [0.15, 0.2) is 0 Å². The van der Waals surface area contributed by atoms with Gasteiger partial charge in [0.25, 0.3) is 0 Å². The minimum absolute atomic E-state index is 0.0365. The maximum absolute atomic E-state index is 7.44. The van der Waals surface area contributed by atoms with Gasteiger partial charge in [-0.15, -0.1) is 0 Å². The van der Waals surface area contributed by atoms with Crippen molar-refractivity contribution in [3.63, 3.8) is 0 Å². The van der Waals surface area contributed by atoms with E-state index in [2.05, 4.69) is 4.98 Å². The van der Waals surface area contributed by atoms with Gasteiger partial charge in [-0.05, 0) is 18.5 Å². The summed E-state index contributed by atoms with van der Waals surface area (Å²) < 4.78 is 36.0. The molecule has 3 heteroatoms. The second kappa shape index (κ2) is 3.22. The minimum Gasteiger partial charge on any atom is -0.241 e. The fourth-order valence-electron chi connectivity index (χ4n) is 0.530. The summed E-state index contributed by atoms with van der Waals surface area (Å²) in [6.45, 7) is -2.81. The van der Waals surface area contributed by atoms with Crippen molar-refractivity contribution in [2.24, 2.45) is 0 Å². The zero-order valence-corrected chi connectivity index (χ0v) is 6.37. The molecular formula is C7H7Cl2N. The summed E-state index contributed by atoms with van der Waals surface area (Å²) in [5.41, 5.74) is -0.292. The number of aromatic nitrogens is 1. The highest BCUT2D eigenvalue weighted by Crippen LogP contribution is 2.15. The molecule has 0 aromatic carbocycles. The highest BCUT2D eigenvalue weighted by Gasteiger charge is 1.95. The van der Waals surface area contributed by atoms with Crippen LogP contribution in [0.25, 0.3) is 0 Å². The molecule has 0 fully saturated rings. The molecule has 1 rings (SSSR count). The first-order valence-corrected chi connectivity index (χ1v) is 3.24. The van der Waals surface area contributed by atoms with Gasteiger partial charge >= 0.3 is 0 Å². The average molecular weight is 181 g/mol. The zero-order chi connectivity index (χ0) is 11.9. The lowest BCUT2D eigenvalue weighted by Gasteiger charge is -1.96. The Morgan fingerprint density at radius 1 is 1.70 bits per heavy atom. The molecule has 0 aliphatic carbocycles. The maximum atomic E-state index is 7.44. The van der Waals surface area contributed by atoms with E-state index in [1.165, 1.54) is 6.07 Å². The summed E-state index contributed by atoms with van der Waals surface area (Å²) in [6, 6.07) is 2.46. The Hall–Kier alpha value is -0.270. The molecule has 10 heavy (non-hydrogen) atoms. The van der Waals surface area contributed by atoms with E-state index in [1.54, 1.807) is 0 Å². The largest absolute Gasteiger partial charge is 0.241 e. The van der Waals surface area contributed by atoms with E-state index in [9.17, 15) is 0 Å². The second-order valence-electron chi connectivity index (χ2n) is 1.62. The second-order valence-corrected chi connectivity index (χ2v) is 2.44. The van der Waals surface area contributed by atoms with Crippen LogP contribution in [0.1, 0.15) is 19.4 Å². The molecule has 0 saturated carbocycles. The van der Waals surface area contributed by atoms with E-state index in [1.807, 2.05) is 0 Å². The molecule has 0 N–H and O–H groups in total. The molecule has 0 saturated heterocycles. The molecule has 0 aliphatic rings. The van der Waals surface area contributed by atoms with E-state index >= 15 is 0 Å². The summed E-state index contributed by atoms with van der Waals surface area (Å²) in [4.78, 5) is 3.62. The third-order valence-electron chi connectivity index (χ3n) is 0.887. The number of hydrogen-bond acceptors (Lipinski definition) is 1. The predicted octanol–water partition coefficient (Wildman–Crippen LogP) is 2.95. The van der Waals surface area contributed by atoms with Crippen LogP contribution < -0.4 is 0 Å². The lowest BCUT2D eigenvalue weighted by atomic mass is 10.3. The van der Waals surface area contributed by atoms with E-state index in [4.69, 9.17) is 30.1 Å². The smallest absolute Gasteiger partial charge is 0.130 e. The van der Waals surface area contributed by atoms with Crippen molar-refractivity contribution in [2.45, 2.75) is 13.2 Å². The summed E-state index contributed by atoms with van der Waals surface area (Å²) in [5.74, 6) is 0. The van der Waals surface area contributed by atoms with Crippen molar-refractivity contribution in [3.8, 4) is 0 Å². The Balaban J connectivity index is 3.27. The van der Waals surface area contributed by atoms with Crippen LogP contribution in [0.2, 0.25) is 10.2 Å². The van der Waals surface area contributed by atoms with E-state index < -0.39 is 13.2 Å². The Bertz CT molecular complexity index is 356. The topological polar surface area (TPSA) is 12.9 Å². The van der Waals surface area contributed by atoms with Crippen LogP contribution in [0.3, 0.4) is 0 Å². The van der Waals surface area contributed by atoms with Crippen molar-refractivity contribution in [1.82, 2.24) is 4.98 Å². The highest BCUT2D eigenvalue weighted by atomic mass is 35.5. The van der Waals surface area contributed by atoms with Gasteiger partial charge in [-0.2, -0.15) is 0 Å². The fourth-order valence-corrected chi connectivity index (χ4v) is 1.00. The lowest BCUT2D eigenvalue weighted by molar-refractivity contribution is 1.04. The van der Waals surface area contributed by atoms with Crippen LogP contribution in [-0.2, 0) is 6.37 Å². The first kappa shape index (κ1) is 3.42. The van der Waals surface area contributed by atoms with Gasteiger partial charge < -0.3 is 0 Å². The molecule has 0 unspecified atom stereocenters. The highest BCUT2D eigenvalue weighted by molar-refractivity contribution is 6.33. The summed E-state index contributed by atoms with van der Waals surface area (Å²) in [7, 11) is 0. The number of rotatable bonds is 1. The number of halogens is 2. The zero-order valence-electron chi connectivity index (χ0n) is 9.86. The molecule has 1 heterocycles. The third-order valence-corrected chi connectivity index (χ3v) is 1.30. The van der Waals surface area contributed by atoms with E-state index in [0.717, 1.165) is 6.07 Å². The SMILES string of the molecule is [2H]C([2H])([2H])C([2H])([2H])c1cc(Cl)cc(Cl)n1. The quantitative estimate of drug-likeness (QED) is 0.607. The third kappa shape index (κ3) is 1.86. The van der Waals surface area contributed by atoms with Gasteiger partial charge in [0.1, 0.15) is 5.15 Å². The minimum atomic E-state index is -2.81. The molecule has 1 nitrogen and oxygen atoms in total. The van der Waals surface area contributed by atoms with Gasteiger partial charge in [0.2, 0.25) is 0 Å². The average Bonchev–Trinajstić information content (AvgIpc) is 1.99. The van der Waals surface area contributed by atoms with Crippen LogP contribution in [0.15, 0.2) is 12.1 Å². The molecule has 1 aromatic heterocycles. The molecule has 0 radical (unpaired) electrons. The van der Waals surface area contributed by atoms with Crippen molar-refractivity contribution >= 4 is 23.2 Å². The summed E-state index contributed by atoms with van der Waals surface area (Å²) >= 11 is 11.2. The van der Waals surface area contributed by atoms with E-state index in [0.29, 0.717) is 0 Å². The van der Waals surface area contributed by atoms with Crippen molar-refractivity contribution in [2.75, 3.05) is 0 Å². The Kier molecular flexibility index (Phi) is 1.10. The Labute approximate surface area is 77.0 Å². The molecule has 0 amide bonds. The molecule has 1 aromatic rings. The van der Waals surface area contributed by atoms with Gasteiger partial charge in [-0.3, -0.25) is 0 Å². The fraction of sp³-hybridized carbons (Fsp3) is 0.286. The molecule has 0 spiro atoms. The molecule has 0 bridgehead atoms. The van der Waals surface area contributed by atoms with Crippen molar-refractivity contribution in [1.29, 1.82) is 0 Å².